The van der Waals surface area contributed by atoms with Crippen LogP contribution in [0.15, 0.2) is 30.3 Å². The summed E-state index contributed by atoms with van der Waals surface area (Å²) in [7, 11) is 0. The van der Waals surface area contributed by atoms with E-state index < -0.39 is 58.3 Å². The second kappa shape index (κ2) is 8.96. The van der Waals surface area contributed by atoms with Crippen LogP contribution in [0.4, 0.5) is 18.9 Å². The maximum absolute atomic E-state index is 15.5. The van der Waals surface area contributed by atoms with Crippen LogP contribution in [0.25, 0.3) is 0 Å². The molecule has 2 aromatic rings. The number of nitrogens with one attached hydrogen (secondary N) is 3. The fourth-order valence-corrected chi connectivity index (χ4v) is 6.73. The maximum atomic E-state index is 15.5. The summed E-state index contributed by atoms with van der Waals surface area (Å²) in [6, 6.07) is 4.30. The van der Waals surface area contributed by atoms with Crippen molar-refractivity contribution in [2.24, 2.45) is 5.41 Å². The lowest BCUT2D eigenvalue weighted by atomic mass is 9.62. The van der Waals surface area contributed by atoms with Crippen LogP contribution in [0.5, 0.6) is 0 Å². The van der Waals surface area contributed by atoms with Gasteiger partial charge >= 0.3 is 0 Å². The number of aliphatic hydroxyl groups is 1. The first-order chi connectivity index (χ1) is 17.7. The maximum Gasteiger partial charge on any atom is 0.238 e. The summed E-state index contributed by atoms with van der Waals surface area (Å²) in [4.78, 5) is 27.7. The molecule has 2 amide bonds. The Labute approximate surface area is 224 Å². The average Bonchev–Trinajstić information content (AvgIpc) is 3.27. The highest BCUT2D eigenvalue weighted by atomic mass is 35.5. The van der Waals surface area contributed by atoms with Crippen LogP contribution in [-0.4, -0.2) is 40.6 Å². The van der Waals surface area contributed by atoms with Gasteiger partial charge in [0.05, 0.1) is 22.4 Å². The lowest BCUT2D eigenvalue weighted by molar-refractivity contribution is -0.127. The van der Waals surface area contributed by atoms with Crippen molar-refractivity contribution in [3.05, 3.63) is 63.9 Å². The lowest BCUT2D eigenvalue weighted by Gasteiger charge is -2.42. The molecule has 1 spiro atoms. The van der Waals surface area contributed by atoms with Crippen molar-refractivity contribution < 1.29 is 27.9 Å². The second-order valence-corrected chi connectivity index (χ2v) is 12.7. The number of anilines is 1. The van der Waals surface area contributed by atoms with E-state index in [-0.39, 0.29) is 33.3 Å². The Hall–Kier alpha value is -2.62. The zero-order chi connectivity index (χ0) is 27.8. The summed E-state index contributed by atoms with van der Waals surface area (Å²) in [5, 5.41) is 18.7. The Morgan fingerprint density at radius 2 is 1.84 bits per heavy atom. The first-order valence-electron chi connectivity index (χ1n) is 12.7. The molecule has 2 heterocycles. The summed E-state index contributed by atoms with van der Waals surface area (Å²) >= 11 is 6.02. The van der Waals surface area contributed by atoms with Gasteiger partial charge in [-0.15, -0.1) is 0 Å². The van der Waals surface area contributed by atoms with Gasteiger partial charge in [-0.05, 0) is 54.9 Å². The van der Waals surface area contributed by atoms with E-state index in [0.29, 0.717) is 19.3 Å². The first kappa shape index (κ1) is 27.0. The largest absolute Gasteiger partial charge is 0.390 e. The van der Waals surface area contributed by atoms with Crippen LogP contribution in [0.2, 0.25) is 5.02 Å². The van der Waals surface area contributed by atoms with Crippen LogP contribution in [0.3, 0.4) is 0 Å². The molecule has 2 aromatic carbocycles. The minimum absolute atomic E-state index is 0.124. The molecule has 3 aliphatic rings. The topological polar surface area (TPSA) is 90.5 Å². The van der Waals surface area contributed by atoms with Crippen LogP contribution >= 0.6 is 11.6 Å². The predicted molar refractivity (Wildman–Crippen MR) is 137 cm³/mol. The number of hydrogen-bond acceptors (Lipinski definition) is 4. The van der Waals surface area contributed by atoms with Gasteiger partial charge < -0.3 is 21.1 Å². The molecular weight excluding hydrogens is 519 g/mol. The fourth-order valence-electron chi connectivity index (χ4n) is 6.58. The number of hydrogen-bond donors (Lipinski definition) is 4. The van der Waals surface area contributed by atoms with Crippen LogP contribution < -0.4 is 16.0 Å². The molecule has 5 rings (SSSR count). The molecule has 0 aromatic heterocycles. The van der Waals surface area contributed by atoms with E-state index in [9.17, 15) is 19.1 Å². The van der Waals surface area contributed by atoms with E-state index in [2.05, 4.69) is 16.0 Å². The molecule has 0 bridgehead atoms. The van der Waals surface area contributed by atoms with Crippen molar-refractivity contribution in [3.63, 3.8) is 0 Å². The number of fused-ring (bicyclic) bond motifs is 2. The smallest absolute Gasteiger partial charge is 0.238 e. The van der Waals surface area contributed by atoms with Crippen LogP contribution in [-0.2, 0) is 15.0 Å². The Bertz CT molecular complexity index is 1320. The molecule has 2 aliphatic heterocycles. The van der Waals surface area contributed by atoms with E-state index in [0.717, 1.165) is 6.07 Å². The molecule has 0 radical (unpaired) electrons. The van der Waals surface area contributed by atoms with Gasteiger partial charge in [-0.25, -0.2) is 13.2 Å². The summed E-state index contributed by atoms with van der Waals surface area (Å²) in [5.41, 5.74) is -2.94. The molecular formula is C28H31ClF3N3O3. The van der Waals surface area contributed by atoms with Crippen molar-refractivity contribution in [2.45, 2.75) is 82.0 Å². The number of carbonyl (C=O) groups excluding carboxylic acids is 2. The summed E-state index contributed by atoms with van der Waals surface area (Å²) in [5.74, 6) is -5.46. The predicted octanol–water partition coefficient (Wildman–Crippen LogP) is 4.54. The highest BCUT2D eigenvalue weighted by molar-refractivity contribution is 6.31. The Morgan fingerprint density at radius 3 is 2.47 bits per heavy atom. The van der Waals surface area contributed by atoms with Crippen molar-refractivity contribution in [3.8, 4) is 0 Å². The van der Waals surface area contributed by atoms with Crippen LogP contribution in [0, 0.1) is 22.9 Å². The van der Waals surface area contributed by atoms with E-state index in [1.165, 1.54) is 24.3 Å². The zero-order valence-electron chi connectivity index (χ0n) is 21.6. The number of amides is 2. The number of halogens is 4. The highest BCUT2D eigenvalue weighted by Crippen LogP contribution is 2.57. The third-order valence-electron chi connectivity index (χ3n) is 8.04. The number of rotatable bonds is 4. The minimum Gasteiger partial charge on any atom is -0.390 e. The molecule has 1 aliphatic carbocycles. The third kappa shape index (κ3) is 4.19. The van der Waals surface area contributed by atoms with Crippen molar-refractivity contribution >= 4 is 29.1 Å². The number of benzene rings is 2. The molecule has 4 N–H and O–H groups in total. The van der Waals surface area contributed by atoms with E-state index in [1.807, 2.05) is 20.8 Å². The quantitative estimate of drug-likeness (QED) is 0.451. The average molecular weight is 550 g/mol. The van der Waals surface area contributed by atoms with Crippen molar-refractivity contribution in [2.75, 3.05) is 5.32 Å². The van der Waals surface area contributed by atoms with Crippen molar-refractivity contribution in [1.29, 1.82) is 0 Å². The Morgan fingerprint density at radius 1 is 1.16 bits per heavy atom. The molecule has 10 heteroatoms. The van der Waals surface area contributed by atoms with E-state index >= 15 is 8.78 Å². The second-order valence-electron chi connectivity index (χ2n) is 12.3. The molecule has 1 unspecified atom stereocenters. The van der Waals surface area contributed by atoms with Gasteiger partial charge in [0, 0.05) is 18.0 Å². The molecule has 38 heavy (non-hydrogen) atoms. The number of carbonyl (C=O) groups is 2. The summed E-state index contributed by atoms with van der Waals surface area (Å²) < 4.78 is 45.3. The molecule has 1 saturated carbocycles. The monoisotopic (exact) mass is 549 g/mol. The molecule has 6 nitrogen and oxygen atoms in total. The van der Waals surface area contributed by atoms with Gasteiger partial charge in [-0.3, -0.25) is 9.59 Å². The van der Waals surface area contributed by atoms with Crippen molar-refractivity contribution in [1.82, 2.24) is 10.6 Å². The Kier molecular flexibility index (Phi) is 6.36. The molecule has 2 fully saturated rings. The molecule has 204 valence electrons. The normalized spacial score (nSPS) is 32.2. The highest BCUT2D eigenvalue weighted by Gasteiger charge is 2.66. The Balaban J connectivity index is 1.71. The summed E-state index contributed by atoms with van der Waals surface area (Å²) in [6.07, 6.45) is 1.04. The lowest BCUT2D eigenvalue weighted by Crippen LogP contribution is -2.57. The van der Waals surface area contributed by atoms with E-state index in [4.69, 9.17) is 11.6 Å². The van der Waals surface area contributed by atoms with Gasteiger partial charge in [0.1, 0.15) is 5.41 Å². The summed E-state index contributed by atoms with van der Waals surface area (Å²) in [6.45, 7) is 7.54. The molecule has 1 saturated heterocycles. The van der Waals surface area contributed by atoms with Gasteiger partial charge in [0.2, 0.25) is 11.8 Å². The van der Waals surface area contributed by atoms with Gasteiger partial charge in [-0.1, -0.05) is 50.6 Å². The standard InChI is InChI=1S/C28H31ClF3N3O3/c1-26(2,3)12-18-28(15-8-9-16(29)21(32)22(15)35-25(28)37)19(14-6-5-7-17(30)20(14)31)23(34-18)24(36)33-13-10-27(4,38)11-13/h5-9,13,18-19,23,34,38H,10-12H2,1-4H3,(H,33,36)(H,35,37)/t13?,18-,19-,23+,27?,28?/m0/s1. The fraction of sp³-hybridized carbons (Fsp3) is 0.500. The third-order valence-corrected chi connectivity index (χ3v) is 8.34. The minimum atomic E-state index is -1.64. The SMILES string of the molecule is CC(C)(C)C[C@@H]1N[C@@H](C(=O)NC2CC(C)(O)C2)[C@H](c2cccc(F)c2F)C12C(=O)Nc1c2ccc(Cl)c1F. The van der Waals surface area contributed by atoms with Gasteiger partial charge in [-0.2, -0.15) is 0 Å². The van der Waals surface area contributed by atoms with Gasteiger partial charge in [0.25, 0.3) is 0 Å². The van der Waals surface area contributed by atoms with Crippen LogP contribution in [0.1, 0.15) is 64.0 Å². The zero-order valence-corrected chi connectivity index (χ0v) is 22.3. The van der Waals surface area contributed by atoms with Gasteiger partial charge in [0.15, 0.2) is 17.5 Å². The van der Waals surface area contributed by atoms with E-state index in [1.54, 1.807) is 6.92 Å². The first-order valence-corrected chi connectivity index (χ1v) is 13.1. The molecule has 4 atom stereocenters.